The molecule has 0 radical (unpaired) electrons. The lowest BCUT2D eigenvalue weighted by Gasteiger charge is -2.28. The molecular formula is C25H24N6S. The van der Waals surface area contributed by atoms with Crippen LogP contribution in [-0.4, -0.2) is 29.5 Å². The first-order valence-electron chi connectivity index (χ1n) is 10.6. The average Bonchev–Trinajstić information content (AvgIpc) is 3.30. The van der Waals surface area contributed by atoms with Gasteiger partial charge in [-0.1, -0.05) is 12.1 Å². The van der Waals surface area contributed by atoms with Crippen LogP contribution in [0.1, 0.15) is 40.3 Å². The summed E-state index contributed by atoms with van der Waals surface area (Å²) in [5.74, 6) is 0.914. The van der Waals surface area contributed by atoms with Crippen molar-refractivity contribution >= 4 is 17.3 Å². The Hall–Kier alpha value is -3.58. The molecule has 1 fully saturated rings. The Morgan fingerprint density at radius 2 is 1.69 bits per heavy atom. The standard InChI is InChI=1S/C25H24N6S/c1-17-15-20(18(2)31(17)22-8-4-6-12-28-22)24-23(21-7-3-5-11-27-21)29-25(32)30(24)16-19-9-13-26-14-10-19/h3-15,23-24H,16H2,1-2H3,(H,29,32)/t23-,24+/m0/s1. The lowest BCUT2D eigenvalue weighted by atomic mass is 9.96. The third kappa shape index (κ3) is 3.65. The van der Waals surface area contributed by atoms with Crippen LogP contribution in [0.15, 0.2) is 79.4 Å². The number of hydrogen-bond donors (Lipinski definition) is 1. The van der Waals surface area contributed by atoms with Gasteiger partial charge in [-0.3, -0.25) is 9.97 Å². The number of thiocarbonyl (C=S) groups is 1. The Morgan fingerprint density at radius 3 is 2.38 bits per heavy atom. The van der Waals surface area contributed by atoms with Crippen molar-refractivity contribution in [2.75, 3.05) is 0 Å². The zero-order valence-corrected chi connectivity index (χ0v) is 18.8. The second-order valence-electron chi connectivity index (χ2n) is 7.96. The Bertz CT molecular complexity index is 1220. The predicted octanol–water partition coefficient (Wildman–Crippen LogP) is 4.45. The van der Waals surface area contributed by atoms with E-state index in [2.05, 4.69) is 55.7 Å². The summed E-state index contributed by atoms with van der Waals surface area (Å²) in [4.78, 5) is 15.6. The van der Waals surface area contributed by atoms with E-state index in [0.29, 0.717) is 6.54 Å². The van der Waals surface area contributed by atoms with Gasteiger partial charge in [0.25, 0.3) is 0 Å². The van der Waals surface area contributed by atoms with Crippen molar-refractivity contribution < 1.29 is 0 Å². The van der Waals surface area contributed by atoms with Crippen LogP contribution in [0.4, 0.5) is 0 Å². The minimum absolute atomic E-state index is 0.00534. The van der Waals surface area contributed by atoms with Gasteiger partial charge in [0.05, 0.1) is 17.8 Å². The predicted molar refractivity (Wildman–Crippen MR) is 128 cm³/mol. The van der Waals surface area contributed by atoms with Crippen molar-refractivity contribution in [3.05, 3.63) is 108 Å². The number of hydrogen-bond acceptors (Lipinski definition) is 4. The Kier molecular flexibility index (Phi) is 5.41. The number of nitrogens with one attached hydrogen (secondary N) is 1. The van der Waals surface area contributed by atoms with Gasteiger partial charge in [0.1, 0.15) is 5.82 Å². The van der Waals surface area contributed by atoms with E-state index in [1.54, 1.807) is 0 Å². The fraction of sp³-hybridized carbons (Fsp3) is 0.200. The molecule has 7 heteroatoms. The topological polar surface area (TPSA) is 58.9 Å². The molecular weight excluding hydrogens is 416 g/mol. The summed E-state index contributed by atoms with van der Waals surface area (Å²) in [6.07, 6.45) is 7.30. The molecule has 2 atom stereocenters. The van der Waals surface area contributed by atoms with Gasteiger partial charge < -0.3 is 14.8 Å². The highest BCUT2D eigenvalue weighted by molar-refractivity contribution is 7.80. The van der Waals surface area contributed by atoms with Crippen LogP contribution < -0.4 is 5.32 Å². The minimum atomic E-state index is -0.0526. The van der Waals surface area contributed by atoms with Gasteiger partial charge in [-0.25, -0.2) is 4.98 Å². The molecule has 1 aliphatic rings. The van der Waals surface area contributed by atoms with Crippen molar-refractivity contribution in [3.8, 4) is 5.82 Å². The molecule has 4 aromatic heterocycles. The average molecular weight is 441 g/mol. The smallest absolute Gasteiger partial charge is 0.170 e. The molecule has 1 N–H and O–H groups in total. The molecule has 0 bridgehead atoms. The van der Waals surface area contributed by atoms with Crippen molar-refractivity contribution in [2.24, 2.45) is 0 Å². The van der Waals surface area contributed by atoms with Gasteiger partial charge in [0.15, 0.2) is 5.11 Å². The number of rotatable bonds is 5. The number of aromatic nitrogens is 4. The normalized spacial score (nSPS) is 18.1. The molecule has 6 nitrogen and oxygen atoms in total. The first-order valence-corrected chi connectivity index (χ1v) is 11.0. The first-order chi connectivity index (χ1) is 15.6. The van der Waals surface area contributed by atoms with Crippen LogP contribution >= 0.6 is 12.2 Å². The van der Waals surface area contributed by atoms with Gasteiger partial charge in [0.2, 0.25) is 0 Å². The van der Waals surface area contributed by atoms with Crippen molar-refractivity contribution in [1.82, 2.24) is 29.7 Å². The summed E-state index contributed by atoms with van der Waals surface area (Å²) in [5.41, 5.74) is 5.63. The molecule has 0 amide bonds. The summed E-state index contributed by atoms with van der Waals surface area (Å²) in [7, 11) is 0. The van der Waals surface area contributed by atoms with E-state index in [-0.39, 0.29) is 12.1 Å². The molecule has 0 saturated carbocycles. The van der Waals surface area contributed by atoms with Gasteiger partial charge in [0, 0.05) is 42.7 Å². The first kappa shape index (κ1) is 20.3. The number of pyridine rings is 3. The highest BCUT2D eigenvalue weighted by Crippen LogP contribution is 2.41. The van der Waals surface area contributed by atoms with Crippen LogP contribution in [0.3, 0.4) is 0 Å². The molecule has 0 aliphatic carbocycles. The van der Waals surface area contributed by atoms with Crippen molar-refractivity contribution in [3.63, 3.8) is 0 Å². The van der Waals surface area contributed by atoms with Crippen LogP contribution in [0.5, 0.6) is 0 Å². The molecule has 0 aromatic carbocycles. The maximum Gasteiger partial charge on any atom is 0.170 e. The van der Waals surface area contributed by atoms with E-state index in [1.165, 1.54) is 5.56 Å². The summed E-state index contributed by atoms with van der Waals surface area (Å²) in [5, 5.41) is 4.27. The van der Waals surface area contributed by atoms with Gasteiger partial charge in [-0.15, -0.1) is 0 Å². The lowest BCUT2D eigenvalue weighted by Crippen LogP contribution is -2.29. The molecule has 5 rings (SSSR count). The zero-order chi connectivity index (χ0) is 22.1. The SMILES string of the molecule is Cc1cc([C@@H]2[C@H](c3ccccn3)NC(=S)N2Cc2ccncc2)c(C)n1-c1ccccn1. The van der Waals surface area contributed by atoms with Gasteiger partial charge in [-0.2, -0.15) is 0 Å². The quantitative estimate of drug-likeness (QED) is 0.463. The molecule has 0 unspecified atom stereocenters. The third-order valence-electron chi connectivity index (χ3n) is 5.97. The van der Waals surface area contributed by atoms with E-state index < -0.39 is 0 Å². The molecule has 0 spiro atoms. The van der Waals surface area contributed by atoms with Crippen LogP contribution in [-0.2, 0) is 6.54 Å². The zero-order valence-electron chi connectivity index (χ0n) is 18.0. The Morgan fingerprint density at radius 1 is 0.938 bits per heavy atom. The molecule has 1 aliphatic heterocycles. The maximum absolute atomic E-state index is 5.82. The summed E-state index contributed by atoms with van der Waals surface area (Å²) >= 11 is 5.82. The molecule has 5 heterocycles. The van der Waals surface area contributed by atoms with E-state index in [1.807, 2.05) is 67.3 Å². The molecule has 4 aromatic rings. The Balaban J connectivity index is 1.62. The fourth-order valence-electron chi connectivity index (χ4n) is 4.52. The third-order valence-corrected chi connectivity index (χ3v) is 6.32. The van der Waals surface area contributed by atoms with E-state index in [9.17, 15) is 0 Å². The fourth-order valence-corrected chi connectivity index (χ4v) is 4.83. The molecule has 32 heavy (non-hydrogen) atoms. The molecule has 1 saturated heterocycles. The maximum atomic E-state index is 5.82. The highest BCUT2D eigenvalue weighted by atomic mass is 32.1. The summed E-state index contributed by atoms with van der Waals surface area (Å²) in [6, 6.07) is 18.3. The largest absolute Gasteiger partial charge is 0.352 e. The van der Waals surface area contributed by atoms with Crippen LogP contribution in [0, 0.1) is 13.8 Å². The number of nitrogens with zero attached hydrogens (tertiary/aromatic N) is 5. The highest BCUT2D eigenvalue weighted by Gasteiger charge is 2.41. The van der Waals surface area contributed by atoms with E-state index in [4.69, 9.17) is 12.2 Å². The monoisotopic (exact) mass is 440 g/mol. The van der Waals surface area contributed by atoms with Gasteiger partial charge >= 0.3 is 0 Å². The van der Waals surface area contributed by atoms with Crippen molar-refractivity contribution in [1.29, 1.82) is 0 Å². The minimum Gasteiger partial charge on any atom is -0.352 e. The van der Waals surface area contributed by atoms with E-state index in [0.717, 1.165) is 33.6 Å². The second-order valence-corrected chi connectivity index (χ2v) is 8.35. The van der Waals surface area contributed by atoms with Crippen LogP contribution in [0.2, 0.25) is 0 Å². The van der Waals surface area contributed by atoms with Gasteiger partial charge in [-0.05, 0) is 79.7 Å². The summed E-state index contributed by atoms with van der Waals surface area (Å²) in [6.45, 7) is 4.96. The Labute approximate surface area is 193 Å². The van der Waals surface area contributed by atoms with Crippen molar-refractivity contribution in [2.45, 2.75) is 32.5 Å². The lowest BCUT2D eigenvalue weighted by molar-refractivity contribution is 0.310. The summed E-state index contributed by atoms with van der Waals surface area (Å²) < 4.78 is 2.21. The number of aryl methyl sites for hydroxylation is 1. The second kappa shape index (κ2) is 8.51. The molecule has 160 valence electrons. The van der Waals surface area contributed by atoms with E-state index >= 15 is 0 Å². The van der Waals surface area contributed by atoms with Crippen LogP contribution in [0.25, 0.3) is 5.82 Å².